The monoisotopic (exact) mass is 241 g/mol. The zero-order valence-corrected chi connectivity index (χ0v) is 9.97. The van der Waals surface area contributed by atoms with Crippen molar-refractivity contribution in [3.63, 3.8) is 0 Å². The summed E-state index contributed by atoms with van der Waals surface area (Å²) in [6, 6.07) is 14.4. The molecule has 1 heterocycles. The third kappa shape index (κ3) is 2.09. The Morgan fingerprint density at radius 3 is 2.89 bits per heavy atom. The fourth-order valence-electron chi connectivity index (χ4n) is 2.12. The van der Waals surface area contributed by atoms with Gasteiger partial charge in [0.05, 0.1) is 12.6 Å². The highest BCUT2D eigenvalue weighted by Crippen LogP contribution is 2.25. The summed E-state index contributed by atoms with van der Waals surface area (Å²) in [6.07, 6.45) is 0. The van der Waals surface area contributed by atoms with Crippen LogP contribution in [0.5, 0.6) is 5.75 Å². The number of rotatable bonds is 3. The average Bonchev–Trinajstić information content (AvgIpc) is 2.82. The first-order valence-corrected chi connectivity index (χ1v) is 6.00. The fourth-order valence-corrected chi connectivity index (χ4v) is 2.12. The van der Waals surface area contributed by atoms with Crippen LogP contribution >= 0.6 is 0 Å². The minimum atomic E-state index is 0.170. The van der Waals surface area contributed by atoms with Gasteiger partial charge in [0, 0.05) is 5.39 Å². The molecule has 0 spiro atoms. The van der Waals surface area contributed by atoms with Crippen molar-refractivity contribution in [1.29, 1.82) is 0 Å². The number of hydrogen-bond donors (Lipinski definition) is 2. The van der Waals surface area contributed by atoms with Crippen molar-refractivity contribution < 1.29 is 4.74 Å². The molecule has 0 saturated carbocycles. The Kier molecular flexibility index (Phi) is 2.76. The van der Waals surface area contributed by atoms with E-state index in [9.17, 15) is 0 Å². The second kappa shape index (κ2) is 4.56. The molecule has 0 aliphatic carbocycles. The molecular weight excluding hydrogens is 226 g/mol. The minimum Gasteiger partial charge on any atom is -0.491 e. The fraction of sp³-hybridized carbons (Fsp3) is 0.214. The molecule has 2 aromatic carbocycles. The van der Waals surface area contributed by atoms with Crippen molar-refractivity contribution in [3.8, 4) is 5.75 Å². The predicted molar refractivity (Wildman–Crippen MR) is 72.9 cm³/mol. The van der Waals surface area contributed by atoms with E-state index in [1.807, 2.05) is 24.3 Å². The molecule has 1 unspecified atom stereocenters. The van der Waals surface area contributed by atoms with E-state index < -0.39 is 0 Å². The van der Waals surface area contributed by atoms with E-state index >= 15 is 0 Å². The lowest BCUT2D eigenvalue weighted by atomic mass is 10.1. The average molecular weight is 241 g/mol. The Balaban J connectivity index is 1.75. The first kappa shape index (κ1) is 10.9. The van der Waals surface area contributed by atoms with Gasteiger partial charge < -0.3 is 15.8 Å². The number of benzene rings is 2. The highest BCUT2D eigenvalue weighted by atomic mass is 16.5. The first-order valence-electron chi connectivity index (χ1n) is 6.00. The lowest BCUT2D eigenvalue weighted by molar-refractivity contribution is 0.289. The summed E-state index contributed by atoms with van der Waals surface area (Å²) >= 11 is 0. The van der Waals surface area contributed by atoms with Crippen molar-refractivity contribution in [2.75, 3.05) is 13.2 Å². The number of guanidine groups is 1. The zero-order chi connectivity index (χ0) is 12.4. The molecule has 0 bridgehead atoms. The van der Waals surface area contributed by atoms with Crippen LogP contribution in [0.2, 0.25) is 0 Å². The molecule has 18 heavy (non-hydrogen) atoms. The molecular formula is C14H15N3O. The second-order valence-electron chi connectivity index (χ2n) is 4.36. The van der Waals surface area contributed by atoms with E-state index in [4.69, 9.17) is 10.5 Å². The molecule has 0 radical (unpaired) electrons. The third-order valence-electron chi connectivity index (χ3n) is 3.02. The van der Waals surface area contributed by atoms with Gasteiger partial charge >= 0.3 is 0 Å². The van der Waals surface area contributed by atoms with E-state index in [1.54, 1.807) is 0 Å². The smallest absolute Gasteiger partial charge is 0.189 e. The quantitative estimate of drug-likeness (QED) is 0.856. The molecule has 1 atom stereocenters. The molecule has 2 aromatic rings. The second-order valence-corrected chi connectivity index (χ2v) is 4.36. The van der Waals surface area contributed by atoms with Crippen LogP contribution in [-0.2, 0) is 0 Å². The van der Waals surface area contributed by atoms with Gasteiger partial charge in [-0.25, -0.2) is 0 Å². The lowest BCUT2D eigenvalue weighted by Gasteiger charge is -2.13. The summed E-state index contributed by atoms with van der Waals surface area (Å²) in [5.74, 6) is 1.40. The summed E-state index contributed by atoms with van der Waals surface area (Å²) in [7, 11) is 0. The number of ether oxygens (including phenoxy) is 1. The molecule has 0 fully saturated rings. The number of hydrogen-bond acceptors (Lipinski definition) is 4. The summed E-state index contributed by atoms with van der Waals surface area (Å²) in [5, 5.41) is 5.39. The number of nitrogens with two attached hydrogens (primary N) is 1. The topological polar surface area (TPSA) is 59.6 Å². The molecule has 0 aromatic heterocycles. The summed E-state index contributed by atoms with van der Waals surface area (Å²) in [5.41, 5.74) is 5.57. The molecule has 3 N–H and O–H groups in total. The molecule has 4 nitrogen and oxygen atoms in total. The van der Waals surface area contributed by atoms with Gasteiger partial charge in [0.15, 0.2) is 5.96 Å². The largest absolute Gasteiger partial charge is 0.491 e. The van der Waals surface area contributed by atoms with Crippen molar-refractivity contribution in [1.82, 2.24) is 5.32 Å². The van der Waals surface area contributed by atoms with Crippen LogP contribution in [0.3, 0.4) is 0 Å². The molecule has 1 aliphatic rings. The van der Waals surface area contributed by atoms with Crippen molar-refractivity contribution in [2.24, 2.45) is 10.7 Å². The molecule has 0 saturated heterocycles. The number of fused-ring (bicyclic) bond motifs is 1. The van der Waals surface area contributed by atoms with E-state index in [0.717, 1.165) is 11.1 Å². The van der Waals surface area contributed by atoms with Crippen LogP contribution in [0.4, 0.5) is 0 Å². The molecule has 3 rings (SSSR count). The molecule has 1 aliphatic heterocycles. The minimum absolute atomic E-state index is 0.170. The lowest BCUT2D eigenvalue weighted by Crippen LogP contribution is -2.38. The standard InChI is InChI=1S/C14H15N3O/c15-14-16-8-11(17-14)9-18-13-7-3-5-10-4-1-2-6-12(10)13/h1-7,11H,8-9H2,(H3,15,16,17). The van der Waals surface area contributed by atoms with Gasteiger partial charge in [0.1, 0.15) is 12.4 Å². The van der Waals surface area contributed by atoms with E-state index in [1.165, 1.54) is 5.39 Å². The Hall–Kier alpha value is -2.23. The maximum absolute atomic E-state index is 5.86. The summed E-state index contributed by atoms with van der Waals surface area (Å²) in [6.45, 7) is 1.24. The van der Waals surface area contributed by atoms with Gasteiger partial charge in [0.2, 0.25) is 0 Å². The molecule has 0 amide bonds. The third-order valence-corrected chi connectivity index (χ3v) is 3.02. The normalized spacial score (nSPS) is 18.4. The Bertz CT molecular complexity index is 589. The Morgan fingerprint density at radius 1 is 1.22 bits per heavy atom. The van der Waals surface area contributed by atoms with Gasteiger partial charge in [-0.05, 0) is 11.5 Å². The predicted octanol–water partition coefficient (Wildman–Crippen LogP) is 1.51. The van der Waals surface area contributed by atoms with Crippen molar-refractivity contribution in [2.45, 2.75) is 6.04 Å². The van der Waals surface area contributed by atoms with Crippen LogP contribution in [0.1, 0.15) is 0 Å². The van der Waals surface area contributed by atoms with E-state index in [2.05, 4.69) is 28.5 Å². The molecule has 4 heteroatoms. The highest BCUT2D eigenvalue weighted by molar-refractivity contribution is 5.88. The van der Waals surface area contributed by atoms with Gasteiger partial charge in [0.25, 0.3) is 0 Å². The maximum atomic E-state index is 5.86. The Morgan fingerprint density at radius 2 is 2.06 bits per heavy atom. The van der Waals surface area contributed by atoms with Gasteiger partial charge in [-0.2, -0.15) is 0 Å². The van der Waals surface area contributed by atoms with Crippen molar-refractivity contribution in [3.05, 3.63) is 42.5 Å². The van der Waals surface area contributed by atoms with E-state index in [-0.39, 0.29) is 6.04 Å². The first-order chi connectivity index (χ1) is 8.83. The highest BCUT2D eigenvalue weighted by Gasteiger charge is 2.15. The van der Waals surface area contributed by atoms with Crippen LogP contribution in [0, 0.1) is 0 Å². The van der Waals surface area contributed by atoms with Crippen LogP contribution in [-0.4, -0.2) is 25.2 Å². The van der Waals surface area contributed by atoms with Crippen LogP contribution in [0.15, 0.2) is 47.5 Å². The van der Waals surface area contributed by atoms with Crippen LogP contribution < -0.4 is 15.8 Å². The Labute approximate surface area is 105 Å². The van der Waals surface area contributed by atoms with Gasteiger partial charge in [-0.3, -0.25) is 4.99 Å². The van der Waals surface area contributed by atoms with Crippen molar-refractivity contribution >= 4 is 16.7 Å². The van der Waals surface area contributed by atoms with Crippen LogP contribution in [0.25, 0.3) is 10.8 Å². The van der Waals surface area contributed by atoms with E-state index in [0.29, 0.717) is 19.1 Å². The number of nitrogens with zero attached hydrogens (tertiary/aromatic N) is 1. The zero-order valence-electron chi connectivity index (χ0n) is 9.97. The number of nitrogens with one attached hydrogen (secondary N) is 1. The number of aliphatic imine (C=N–C) groups is 1. The summed E-state index contributed by atoms with van der Waals surface area (Å²) < 4.78 is 5.86. The summed E-state index contributed by atoms with van der Waals surface area (Å²) in [4.78, 5) is 4.10. The van der Waals surface area contributed by atoms with Gasteiger partial charge in [-0.15, -0.1) is 0 Å². The van der Waals surface area contributed by atoms with Gasteiger partial charge in [-0.1, -0.05) is 36.4 Å². The SMILES string of the molecule is NC1=NCC(COc2cccc3ccccc23)N1. The molecule has 92 valence electrons. The maximum Gasteiger partial charge on any atom is 0.189 e.